The van der Waals surface area contributed by atoms with Crippen LogP contribution in [0.5, 0.6) is 0 Å². The minimum absolute atomic E-state index is 0.152. The summed E-state index contributed by atoms with van der Waals surface area (Å²) in [7, 11) is 0. The first-order chi connectivity index (χ1) is 8.74. The summed E-state index contributed by atoms with van der Waals surface area (Å²) in [5, 5.41) is 7.09. The molecule has 0 fully saturated rings. The van der Waals surface area contributed by atoms with Crippen molar-refractivity contribution in [2.24, 2.45) is 0 Å². The van der Waals surface area contributed by atoms with E-state index in [0.29, 0.717) is 11.3 Å². The summed E-state index contributed by atoms with van der Waals surface area (Å²) in [5.74, 6) is -0.836. The molecular formula is C11H3FN4O2. The molecule has 6 nitrogen and oxygen atoms in total. The van der Waals surface area contributed by atoms with Gasteiger partial charge in [-0.2, -0.15) is 0 Å². The van der Waals surface area contributed by atoms with Crippen molar-refractivity contribution in [2.45, 2.75) is 0 Å². The van der Waals surface area contributed by atoms with Crippen LogP contribution in [-0.2, 0) is 0 Å². The van der Waals surface area contributed by atoms with E-state index in [0.717, 1.165) is 0 Å². The molecule has 86 valence electrons. The van der Waals surface area contributed by atoms with E-state index < -0.39 is 5.82 Å². The first-order valence-electron chi connectivity index (χ1n) is 5.09. The molecule has 1 aromatic carbocycles. The molecule has 0 saturated heterocycles. The highest BCUT2D eigenvalue weighted by atomic mass is 19.1. The first-order valence-corrected chi connectivity index (χ1v) is 5.09. The van der Waals surface area contributed by atoms with Crippen molar-refractivity contribution in [3.05, 3.63) is 35.3 Å². The third-order valence-electron chi connectivity index (χ3n) is 2.81. The second-order valence-corrected chi connectivity index (χ2v) is 3.85. The van der Waals surface area contributed by atoms with E-state index in [1.165, 1.54) is 18.2 Å². The van der Waals surface area contributed by atoms with Crippen molar-refractivity contribution in [1.82, 2.24) is 20.3 Å². The summed E-state index contributed by atoms with van der Waals surface area (Å²) in [6.07, 6.45) is 0. The third-order valence-corrected chi connectivity index (χ3v) is 2.81. The highest BCUT2D eigenvalue weighted by molar-refractivity contribution is 6.20. The highest BCUT2D eigenvalue weighted by Crippen LogP contribution is 2.34. The van der Waals surface area contributed by atoms with Gasteiger partial charge in [-0.05, 0) is 28.5 Å². The van der Waals surface area contributed by atoms with E-state index in [1.54, 1.807) is 0 Å². The molecule has 3 aromatic rings. The number of benzene rings is 1. The summed E-state index contributed by atoms with van der Waals surface area (Å²) < 4.78 is 17.6. The van der Waals surface area contributed by atoms with Crippen LogP contribution in [-0.4, -0.2) is 26.1 Å². The molecule has 0 aliphatic heterocycles. The largest absolute Gasteiger partial charge is 0.287 e. The monoisotopic (exact) mass is 242 g/mol. The number of ketones is 1. The molecule has 2 heterocycles. The van der Waals surface area contributed by atoms with Gasteiger partial charge in [0.25, 0.3) is 0 Å². The number of fused-ring (bicyclic) bond motifs is 4. The topological polar surface area (TPSA) is 81.8 Å². The minimum atomic E-state index is -0.472. The van der Waals surface area contributed by atoms with Gasteiger partial charge in [-0.25, -0.2) is 19.0 Å². The lowest BCUT2D eigenvalue weighted by Crippen LogP contribution is -2.00. The molecule has 0 saturated carbocycles. The van der Waals surface area contributed by atoms with Gasteiger partial charge in [-0.15, -0.1) is 0 Å². The van der Waals surface area contributed by atoms with E-state index in [4.69, 9.17) is 0 Å². The zero-order valence-corrected chi connectivity index (χ0v) is 8.72. The molecule has 0 spiro atoms. The van der Waals surface area contributed by atoms with E-state index in [1.807, 2.05) is 0 Å². The quantitative estimate of drug-likeness (QED) is 0.463. The number of nitrogens with zero attached hydrogens (tertiary/aromatic N) is 4. The van der Waals surface area contributed by atoms with Gasteiger partial charge in [0.05, 0.1) is 0 Å². The Morgan fingerprint density at radius 1 is 1.00 bits per heavy atom. The number of rotatable bonds is 0. The van der Waals surface area contributed by atoms with E-state index in [-0.39, 0.29) is 28.3 Å². The maximum absolute atomic E-state index is 13.1. The van der Waals surface area contributed by atoms with Gasteiger partial charge in [-0.1, -0.05) is 0 Å². The molecule has 1 aliphatic rings. The number of hydrogen-bond acceptors (Lipinski definition) is 6. The Morgan fingerprint density at radius 2 is 1.72 bits per heavy atom. The Morgan fingerprint density at radius 3 is 2.50 bits per heavy atom. The highest BCUT2D eigenvalue weighted by Gasteiger charge is 2.31. The van der Waals surface area contributed by atoms with Gasteiger partial charge >= 0.3 is 0 Å². The van der Waals surface area contributed by atoms with Crippen molar-refractivity contribution in [3.63, 3.8) is 0 Å². The first kappa shape index (κ1) is 9.34. The molecule has 2 aromatic heterocycles. The van der Waals surface area contributed by atoms with Gasteiger partial charge in [-0.3, -0.25) is 4.79 Å². The molecule has 0 unspecified atom stereocenters. The van der Waals surface area contributed by atoms with Crippen molar-refractivity contribution in [1.29, 1.82) is 0 Å². The lowest BCUT2D eigenvalue weighted by Gasteiger charge is -1.96. The van der Waals surface area contributed by atoms with Crippen molar-refractivity contribution < 1.29 is 13.8 Å². The fraction of sp³-hybridized carbons (Fsp3) is 0. The maximum atomic E-state index is 13.1. The zero-order chi connectivity index (χ0) is 12.3. The third kappa shape index (κ3) is 1.03. The van der Waals surface area contributed by atoms with Crippen LogP contribution in [0.25, 0.3) is 22.6 Å². The smallest absolute Gasteiger partial charge is 0.244 e. The molecule has 18 heavy (non-hydrogen) atoms. The lowest BCUT2D eigenvalue weighted by molar-refractivity contribution is 0.103. The number of hydrogen-bond donors (Lipinski definition) is 0. The second-order valence-electron chi connectivity index (χ2n) is 3.85. The minimum Gasteiger partial charge on any atom is -0.287 e. The van der Waals surface area contributed by atoms with E-state index in [2.05, 4.69) is 24.9 Å². The van der Waals surface area contributed by atoms with E-state index in [9.17, 15) is 9.18 Å². The van der Waals surface area contributed by atoms with Crippen LogP contribution in [0.4, 0.5) is 4.39 Å². The number of aromatic nitrogens is 4. The van der Waals surface area contributed by atoms with Gasteiger partial charge < -0.3 is 0 Å². The lowest BCUT2D eigenvalue weighted by atomic mass is 10.1. The number of halogens is 1. The predicted molar refractivity (Wildman–Crippen MR) is 56.2 cm³/mol. The molecule has 1 aliphatic carbocycles. The number of carbonyl (C=O) groups excluding carboxylic acids is 1. The average Bonchev–Trinajstić information content (AvgIpc) is 2.92. The van der Waals surface area contributed by atoms with Crippen molar-refractivity contribution in [3.8, 4) is 11.3 Å². The van der Waals surface area contributed by atoms with Crippen LogP contribution >= 0.6 is 0 Å². The summed E-state index contributed by atoms with van der Waals surface area (Å²) >= 11 is 0. The summed E-state index contributed by atoms with van der Waals surface area (Å²) in [4.78, 5) is 20.3. The Hall–Kier alpha value is -2.70. The Bertz CT molecular complexity index is 827. The molecule has 0 bridgehead atoms. The molecule has 0 N–H and O–H groups in total. The molecular weight excluding hydrogens is 239 g/mol. The van der Waals surface area contributed by atoms with Crippen molar-refractivity contribution in [2.75, 3.05) is 0 Å². The summed E-state index contributed by atoms with van der Waals surface area (Å²) in [6, 6.07) is 3.95. The fourth-order valence-electron chi connectivity index (χ4n) is 2.02. The fourth-order valence-corrected chi connectivity index (χ4v) is 2.02. The summed E-state index contributed by atoms with van der Waals surface area (Å²) in [6.45, 7) is 0. The second kappa shape index (κ2) is 2.95. The Kier molecular flexibility index (Phi) is 1.53. The Labute approximate surface area is 98.4 Å². The zero-order valence-electron chi connectivity index (χ0n) is 8.72. The molecule has 0 atom stereocenters. The van der Waals surface area contributed by atoms with Crippen LogP contribution in [0.15, 0.2) is 22.8 Å². The molecule has 4 rings (SSSR count). The van der Waals surface area contributed by atoms with Crippen LogP contribution in [0.1, 0.15) is 16.1 Å². The van der Waals surface area contributed by atoms with Crippen LogP contribution < -0.4 is 0 Å². The SMILES string of the molecule is O=C1c2cc(F)ccc2-c2nc3nonc3nc21. The molecule has 0 amide bonds. The van der Waals surface area contributed by atoms with Crippen LogP contribution in [0, 0.1) is 5.82 Å². The van der Waals surface area contributed by atoms with Crippen molar-refractivity contribution >= 4 is 17.1 Å². The maximum Gasteiger partial charge on any atom is 0.244 e. The molecule has 0 radical (unpaired) electrons. The predicted octanol–water partition coefficient (Wildman–Crippen LogP) is 1.36. The molecule has 7 heteroatoms. The van der Waals surface area contributed by atoms with Crippen LogP contribution in [0.2, 0.25) is 0 Å². The van der Waals surface area contributed by atoms with Gasteiger partial charge in [0.15, 0.2) is 0 Å². The van der Waals surface area contributed by atoms with Gasteiger partial charge in [0.1, 0.15) is 17.2 Å². The van der Waals surface area contributed by atoms with Crippen LogP contribution in [0.3, 0.4) is 0 Å². The Balaban J connectivity index is 2.12. The normalized spacial score (nSPS) is 12.8. The van der Waals surface area contributed by atoms with Gasteiger partial charge in [0.2, 0.25) is 17.1 Å². The standard InChI is InChI=1S/C11H3FN4O2/c12-4-1-2-5-6(3-4)9(17)8-7(5)13-10-11(14-8)16-18-15-10/h1-3H. The average molecular weight is 242 g/mol. The van der Waals surface area contributed by atoms with Gasteiger partial charge in [0, 0.05) is 11.1 Å². The summed E-state index contributed by atoms with van der Waals surface area (Å²) in [5.41, 5.74) is 1.73. The number of carbonyl (C=O) groups is 1. The van der Waals surface area contributed by atoms with E-state index >= 15 is 0 Å².